The summed E-state index contributed by atoms with van der Waals surface area (Å²) in [6, 6.07) is 13.5. The average molecular weight is 303 g/mol. The highest BCUT2D eigenvalue weighted by Gasteiger charge is 1.96. The van der Waals surface area contributed by atoms with Crippen molar-refractivity contribution in [3.05, 3.63) is 54.3 Å². The molecule has 0 saturated heterocycles. The molecule has 0 amide bonds. The Bertz CT molecular complexity index is 489. The zero-order valence-corrected chi connectivity index (χ0v) is 12.6. The Morgan fingerprint density at radius 3 is 1.64 bits per heavy atom. The summed E-state index contributed by atoms with van der Waals surface area (Å²) in [7, 11) is 0. The summed E-state index contributed by atoms with van der Waals surface area (Å²) in [5.74, 6) is 1.33. The van der Waals surface area contributed by atoms with E-state index in [1.807, 2.05) is 24.3 Å². The number of unbranched alkanes of at least 4 members (excludes halogenated alkanes) is 3. The van der Waals surface area contributed by atoms with Gasteiger partial charge in [0, 0.05) is 5.69 Å². The van der Waals surface area contributed by atoms with Crippen LogP contribution in [0.3, 0.4) is 0 Å². The van der Waals surface area contributed by atoms with Crippen molar-refractivity contribution in [3.63, 3.8) is 0 Å². The number of ether oxygens (including phenoxy) is 2. The summed E-state index contributed by atoms with van der Waals surface area (Å²) in [6.45, 7) is 1.37. The normalized spacial score (nSPS) is 10.4. The van der Waals surface area contributed by atoms with Crippen molar-refractivity contribution in [2.75, 3.05) is 18.9 Å². The van der Waals surface area contributed by atoms with Gasteiger partial charge < -0.3 is 15.2 Å². The molecule has 0 radical (unpaired) electrons. The Hall–Kier alpha value is -2.23. The fraction of sp³-hybridized carbons (Fsp3) is 0.333. The zero-order valence-electron chi connectivity index (χ0n) is 12.6. The second-order valence-electron chi connectivity index (χ2n) is 5.13. The molecule has 2 aromatic carbocycles. The third kappa shape index (κ3) is 6.04. The van der Waals surface area contributed by atoms with Crippen molar-refractivity contribution in [2.24, 2.45) is 0 Å². The van der Waals surface area contributed by atoms with E-state index in [2.05, 4.69) is 0 Å². The fourth-order valence-electron chi connectivity index (χ4n) is 2.03. The minimum absolute atomic E-state index is 0.242. The van der Waals surface area contributed by atoms with Gasteiger partial charge in [0.15, 0.2) is 0 Å². The lowest BCUT2D eigenvalue weighted by atomic mass is 10.2. The number of rotatable bonds is 9. The van der Waals surface area contributed by atoms with Crippen molar-refractivity contribution in [1.82, 2.24) is 0 Å². The molecular formula is C18H22FNO2. The van der Waals surface area contributed by atoms with Crippen LogP contribution < -0.4 is 15.2 Å². The lowest BCUT2D eigenvalue weighted by Crippen LogP contribution is -2.00. The SMILES string of the molecule is Nc1ccc(OCCCCCCOc2ccc(F)cc2)cc1. The second kappa shape index (κ2) is 8.93. The van der Waals surface area contributed by atoms with Gasteiger partial charge in [-0.15, -0.1) is 0 Å². The fourth-order valence-corrected chi connectivity index (χ4v) is 2.03. The highest BCUT2D eigenvalue weighted by atomic mass is 19.1. The highest BCUT2D eigenvalue weighted by molar-refractivity contribution is 5.41. The molecule has 2 N–H and O–H groups in total. The minimum atomic E-state index is -0.242. The van der Waals surface area contributed by atoms with Crippen molar-refractivity contribution in [3.8, 4) is 11.5 Å². The van der Waals surface area contributed by atoms with E-state index in [-0.39, 0.29) is 5.82 Å². The van der Waals surface area contributed by atoms with Crippen LogP contribution >= 0.6 is 0 Å². The molecule has 0 aliphatic rings. The van der Waals surface area contributed by atoms with E-state index in [1.54, 1.807) is 12.1 Å². The Morgan fingerprint density at radius 1 is 0.682 bits per heavy atom. The number of anilines is 1. The standard InChI is InChI=1S/C18H22FNO2/c19-15-5-9-17(10-6-15)21-13-3-1-2-4-14-22-18-11-7-16(20)8-12-18/h5-12H,1-4,13-14,20H2. The maximum absolute atomic E-state index is 12.7. The van der Waals surface area contributed by atoms with Gasteiger partial charge >= 0.3 is 0 Å². The van der Waals surface area contributed by atoms with Crippen molar-refractivity contribution in [2.45, 2.75) is 25.7 Å². The molecule has 0 atom stereocenters. The summed E-state index contributed by atoms with van der Waals surface area (Å²) in [6.07, 6.45) is 4.19. The van der Waals surface area contributed by atoms with Crippen LogP contribution in [0.25, 0.3) is 0 Å². The van der Waals surface area contributed by atoms with Crippen LogP contribution in [0.4, 0.5) is 10.1 Å². The molecule has 3 nitrogen and oxygen atoms in total. The first-order valence-electron chi connectivity index (χ1n) is 7.61. The van der Waals surface area contributed by atoms with Crippen LogP contribution in [-0.2, 0) is 0 Å². The van der Waals surface area contributed by atoms with Gasteiger partial charge in [-0.25, -0.2) is 4.39 Å². The van der Waals surface area contributed by atoms with E-state index in [4.69, 9.17) is 15.2 Å². The van der Waals surface area contributed by atoms with Crippen LogP contribution in [0, 0.1) is 5.82 Å². The Labute approximate surface area is 130 Å². The van der Waals surface area contributed by atoms with Gasteiger partial charge in [0.05, 0.1) is 13.2 Å². The molecule has 4 heteroatoms. The van der Waals surface area contributed by atoms with E-state index < -0.39 is 0 Å². The number of benzene rings is 2. The van der Waals surface area contributed by atoms with Crippen LogP contribution in [0.1, 0.15) is 25.7 Å². The zero-order chi connectivity index (χ0) is 15.6. The van der Waals surface area contributed by atoms with E-state index in [9.17, 15) is 4.39 Å². The molecule has 0 heterocycles. The molecule has 0 unspecified atom stereocenters. The molecule has 0 bridgehead atoms. The van der Waals surface area contributed by atoms with Gasteiger partial charge in [-0.05, 0) is 74.2 Å². The number of hydrogen-bond acceptors (Lipinski definition) is 3. The van der Waals surface area contributed by atoms with E-state index in [0.717, 1.165) is 37.1 Å². The molecule has 2 rings (SSSR count). The first-order chi connectivity index (χ1) is 10.7. The summed E-state index contributed by atoms with van der Waals surface area (Å²) in [5.41, 5.74) is 6.36. The summed E-state index contributed by atoms with van der Waals surface area (Å²) in [4.78, 5) is 0. The largest absolute Gasteiger partial charge is 0.494 e. The van der Waals surface area contributed by atoms with Crippen LogP contribution in [0.15, 0.2) is 48.5 Å². The van der Waals surface area contributed by atoms with Gasteiger partial charge in [0.1, 0.15) is 17.3 Å². The first kappa shape index (κ1) is 16.1. The lowest BCUT2D eigenvalue weighted by molar-refractivity contribution is 0.287. The van der Waals surface area contributed by atoms with Gasteiger partial charge in [-0.1, -0.05) is 0 Å². The number of nitrogen functional groups attached to an aromatic ring is 1. The Kier molecular flexibility index (Phi) is 6.55. The third-order valence-electron chi connectivity index (χ3n) is 3.27. The van der Waals surface area contributed by atoms with Crippen molar-refractivity contribution in [1.29, 1.82) is 0 Å². The van der Waals surface area contributed by atoms with Crippen molar-refractivity contribution < 1.29 is 13.9 Å². The maximum atomic E-state index is 12.7. The minimum Gasteiger partial charge on any atom is -0.494 e. The molecule has 0 aliphatic heterocycles. The van der Waals surface area contributed by atoms with E-state index in [1.165, 1.54) is 12.1 Å². The maximum Gasteiger partial charge on any atom is 0.123 e. The Morgan fingerprint density at radius 2 is 1.14 bits per heavy atom. The molecule has 2 aromatic rings. The molecule has 118 valence electrons. The van der Waals surface area contributed by atoms with Crippen LogP contribution in [-0.4, -0.2) is 13.2 Å². The van der Waals surface area contributed by atoms with Gasteiger partial charge in [0.25, 0.3) is 0 Å². The molecule has 0 fully saturated rings. The summed E-state index contributed by atoms with van der Waals surface area (Å²) < 4.78 is 23.9. The van der Waals surface area contributed by atoms with Gasteiger partial charge in [0.2, 0.25) is 0 Å². The van der Waals surface area contributed by atoms with Crippen molar-refractivity contribution >= 4 is 5.69 Å². The molecule has 0 aliphatic carbocycles. The number of nitrogens with two attached hydrogens (primary N) is 1. The molecular weight excluding hydrogens is 281 g/mol. The molecule has 0 aromatic heterocycles. The number of hydrogen-bond donors (Lipinski definition) is 1. The van der Waals surface area contributed by atoms with E-state index >= 15 is 0 Å². The number of halogens is 1. The van der Waals surface area contributed by atoms with E-state index in [0.29, 0.717) is 19.0 Å². The van der Waals surface area contributed by atoms with Crippen LogP contribution in [0.5, 0.6) is 11.5 Å². The predicted octanol–water partition coefficient (Wildman–Crippen LogP) is 4.43. The first-order valence-corrected chi connectivity index (χ1v) is 7.61. The molecule has 0 saturated carbocycles. The quantitative estimate of drug-likeness (QED) is 0.550. The summed E-state index contributed by atoms with van der Waals surface area (Å²) in [5, 5.41) is 0. The predicted molar refractivity (Wildman–Crippen MR) is 86.7 cm³/mol. The lowest BCUT2D eigenvalue weighted by Gasteiger charge is -2.07. The smallest absolute Gasteiger partial charge is 0.123 e. The average Bonchev–Trinajstić information content (AvgIpc) is 2.53. The topological polar surface area (TPSA) is 44.5 Å². The Balaban J connectivity index is 1.47. The third-order valence-corrected chi connectivity index (χ3v) is 3.27. The second-order valence-corrected chi connectivity index (χ2v) is 5.13. The van der Waals surface area contributed by atoms with Gasteiger partial charge in [-0.3, -0.25) is 0 Å². The molecule has 22 heavy (non-hydrogen) atoms. The van der Waals surface area contributed by atoms with Gasteiger partial charge in [-0.2, -0.15) is 0 Å². The monoisotopic (exact) mass is 303 g/mol. The highest BCUT2D eigenvalue weighted by Crippen LogP contribution is 2.14. The van der Waals surface area contributed by atoms with Crippen LogP contribution in [0.2, 0.25) is 0 Å². The molecule has 0 spiro atoms. The summed E-state index contributed by atoms with van der Waals surface area (Å²) >= 11 is 0.